The first-order valence-corrected chi connectivity index (χ1v) is 9.48. The van der Waals surface area contributed by atoms with Crippen LogP contribution in [0.15, 0.2) is 89.3 Å². The Morgan fingerprint density at radius 1 is 0.926 bits per heavy atom. The molecule has 0 saturated carbocycles. The average Bonchev–Trinajstić information content (AvgIpc) is 3.40. The predicted octanol–water partition coefficient (Wildman–Crippen LogP) is 5.11. The van der Waals surface area contributed by atoms with Gasteiger partial charge in [0, 0.05) is 34.5 Å². The molecule has 0 fully saturated rings. The summed E-state index contributed by atoms with van der Waals surface area (Å²) in [7, 11) is 0. The van der Waals surface area contributed by atoms with E-state index in [1.165, 1.54) is 0 Å². The average molecular weight is 369 g/mol. The number of thiazole rings is 1. The zero-order valence-electron chi connectivity index (χ0n) is 14.3. The molecule has 3 heterocycles. The van der Waals surface area contributed by atoms with Gasteiger partial charge < -0.3 is 9.55 Å². The first-order chi connectivity index (χ1) is 13.3. The molecule has 4 nitrogen and oxygen atoms in total. The van der Waals surface area contributed by atoms with Gasteiger partial charge in [-0.3, -0.25) is 4.79 Å². The molecule has 0 amide bonds. The van der Waals surface area contributed by atoms with E-state index in [0.717, 1.165) is 27.2 Å². The third-order valence-corrected chi connectivity index (χ3v) is 5.42. The van der Waals surface area contributed by atoms with Gasteiger partial charge in [-0.05, 0) is 41.8 Å². The van der Waals surface area contributed by atoms with Crippen LogP contribution in [0, 0.1) is 0 Å². The van der Waals surface area contributed by atoms with Crippen molar-refractivity contribution < 1.29 is 0 Å². The molecule has 0 aliphatic heterocycles. The Kier molecular flexibility index (Phi) is 3.73. The number of para-hydroxylation sites is 1. The van der Waals surface area contributed by atoms with Crippen molar-refractivity contribution in [2.24, 2.45) is 0 Å². The van der Waals surface area contributed by atoms with E-state index in [0.29, 0.717) is 11.3 Å². The molecule has 0 aliphatic carbocycles. The first-order valence-electron chi connectivity index (χ1n) is 8.60. The Morgan fingerprint density at radius 2 is 1.78 bits per heavy atom. The van der Waals surface area contributed by atoms with Crippen molar-refractivity contribution in [1.29, 1.82) is 0 Å². The van der Waals surface area contributed by atoms with E-state index in [9.17, 15) is 4.79 Å². The minimum Gasteiger partial charge on any atom is -0.324 e. The number of pyridine rings is 1. The minimum absolute atomic E-state index is 0.119. The van der Waals surface area contributed by atoms with Gasteiger partial charge in [-0.25, -0.2) is 4.98 Å². The quantitative estimate of drug-likeness (QED) is 0.480. The SMILES string of the molecule is O=c1[nH]c2ccccc2cc1-c1csc(-c2cccc(-n3cccc3)c2)n1. The first kappa shape index (κ1) is 15.8. The summed E-state index contributed by atoms with van der Waals surface area (Å²) in [5, 5.41) is 3.83. The second-order valence-electron chi connectivity index (χ2n) is 6.28. The molecule has 5 heteroatoms. The molecule has 0 spiro atoms. The molecule has 27 heavy (non-hydrogen) atoms. The number of benzene rings is 2. The minimum atomic E-state index is -0.119. The monoisotopic (exact) mass is 369 g/mol. The highest BCUT2D eigenvalue weighted by Crippen LogP contribution is 2.29. The van der Waals surface area contributed by atoms with E-state index in [4.69, 9.17) is 4.98 Å². The zero-order chi connectivity index (χ0) is 18.2. The van der Waals surface area contributed by atoms with Crippen LogP contribution in [0.3, 0.4) is 0 Å². The molecule has 1 N–H and O–H groups in total. The Bertz CT molecular complexity index is 1300. The lowest BCUT2D eigenvalue weighted by molar-refractivity contribution is 1.08. The van der Waals surface area contributed by atoms with Gasteiger partial charge in [-0.15, -0.1) is 11.3 Å². The molecular weight excluding hydrogens is 354 g/mol. The molecule has 5 rings (SSSR count). The van der Waals surface area contributed by atoms with Crippen molar-refractivity contribution in [2.45, 2.75) is 0 Å². The Morgan fingerprint density at radius 3 is 2.67 bits per heavy atom. The number of rotatable bonds is 3. The topological polar surface area (TPSA) is 50.7 Å². The number of hydrogen-bond acceptors (Lipinski definition) is 3. The van der Waals surface area contributed by atoms with Crippen LogP contribution in [0.25, 0.3) is 38.4 Å². The lowest BCUT2D eigenvalue weighted by Crippen LogP contribution is -2.08. The van der Waals surface area contributed by atoms with Crippen LogP contribution >= 0.6 is 11.3 Å². The van der Waals surface area contributed by atoms with Crippen LogP contribution in [0.5, 0.6) is 0 Å². The number of H-pyrrole nitrogens is 1. The number of aromatic nitrogens is 3. The van der Waals surface area contributed by atoms with Crippen LogP contribution in [-0.2, 0) is 0 Å². The fraction of sp³-hybridized carbons (Fsp3) is 0. The standard InChI is InChI=1S/C22H15N3OS/c26-21-18(13-15-6-1-2-9-19(15)23-21)20-14-27-22(24-20)16-7-5-8-17(12-16)25-10-3-4-11-25/h1-14H,(H,23,26). The van der Waals surface area contributed by atoms with Crippen molar-refractivity contribution in [1.82, 2.24) is 14.5 Å². The summed E-state index contributed by atoms with van der Waals surface area (Å²) in [5.74, 6) is 0. The highest BCUT2D eigenvalue weighted by molar-refractivity contribution is 7.13. The van der Waals surface area contributed by atoms with E-state index in [1.54, 1.807) is 11.3 Å². The third kappa shape index (κ3) is 2.88. The summed E-state index contributed by atoms with van der Waals surface area (Å²) in [6, 6.07) is 21.9. The molecule has 0 saturated heterocycles. The summed E-state index contributed by atoms with van der Waals surface area (Å²) in [5.41, 5.74) is 4.13. The second kappa shape index (κ2) is 6.37. The third-order valence-electron chi connectivity index (χ3n) is 4.53. The van der Waals surface area contributed by atoms with Crippen molar-refractivity contribution in [3.05, 3.63) is 94.9 Å². The smallest absolute Gasteiger partial charge is 0.257 e. The fourth-order valence-corrected chi connectivity index (χ4v) is 3.99. The normalized spacial score (nSPS) is 11.1. The summed E-state index contributed by atoms with van der Waals surface area (Å²) >= 11 is 1.54. The largest absolute Gasteiger partial charge is 0.324 e. The van der Waals surface area contributed by atoms with Gasteiger partial charge in [0.15, 0.2) is 0 Å². The number of nitrogens with one attached hydrogen (secondary N) is 1. The van der Waals surface area contributed by atoms with Crippen molar-refractivity contribution >= 4 is 22.2 Å². The number of fused-ring (bicyclic) bond motifs is 1. The highest BCUT2D eigenvalue weighted by atomic mass is 32.1. The van der Waals surface area contributed by atoms with Gasteiger partial charge in [0.1, 0.15) is 5.01 Å². The number of nitrogens with zero attached hydrogens (tertiary/aromatic N) is 2. The summed E-state index contributed by atoms with van der Waals surface area (Å²) in [6.45, 7) is 0. The van der Waals surface area contributed by atoms with E-state index < -0.39 is 0 Å². The molecule has 5 aromatic rings. The van der Waals surface area contributed by atoms with Crippen LogP contribution < -0.4 is 5.56 Å². The Hall–Kier alpha value is -3.44. The fourth-order valence-electron chi connectivity index (χ4n) is 3.17. The maximum atomic E-state index is 12.5. The van der Waals surface area contributed by atoms with Gasteiger partial charge in [0.25, 0.3) is 5.56 Å². The van der Waals surface area contributed by atoms with Gasteiger partial charge in [-0.1, -0.05) is 30.3 Å². The highest BCUT2D eigenvalue weighted by Gasteiger charge is 2.11. The van der Waals surface area contributed by atoms with Crippen molar-refractivity contribution in [3.8, 4) is 27.5 Å². The van der Waals surface area contributed by atoms with Crippen LogP contribution in [0.4, 0.5) is 0 Å². The Labute approximate surface area is 159 Å². The van der Waals surface area contributed by atoms with Crippen LogP contribution in [0.2, 0.25) is 0 Å². The molecule has 0 aliphatic rings. The zero-order valence-corrected chi connectivity index (χ0v) is 15.1. The number of aromatic amines is 1. The molecule has 0 radical (unpaired) electrons. The molecular formula is C22H15N3OS. The molecule has 130 valence electrons. The van der Waals surface area contributed by atoms with Crippen LogP contribution in [-0.4, -0.2) is 14.5 Å². The van der Waals surface area contributed by atoms with Crippen molar-refractivity contribution in [3.63, 3.8) is 0 Å². The Balaban J connectivity index is 1.57. The summed E-state index contributed by atoms with van der Waals surface area (Å²) in [6.07, 6.45) is 4.03. The maximum absolute atomic E-state index is 12.5. The van der Waals surface area contributed by atoms with Gasteiger partial charge in [0.2, 0.25) is 0 Å². The van der Waals surface area contributed by atoms with Gasteiger partial charge in [-0.2, -0.15) is 0 Å². The predicted molar refractivity (Wildman–Crippen MR) is 110 cm³/mol. The lowest BCUT2D eigenvalue weighted by atomic mass is 10.1. The summed E-state index contributed by atoms with van der Waals surface area (Å²) < 4.78 is 2.06. The lowest BCUT2D eigenvalue weighted by Gasteiger charge is -2.04. The molecule has 0 unspecified atom stereocenters. The van der Waals surface area contributed by atoms with Gasteiger partial charge in [0.05, 0.1) is 11.3 Å². The van der Waals surface area contributed by atoms with Crippen LogP contribution in [0.1, 0.15) is 0 Å². The van der Waals surface area contributed by atoms with E-state index >= 15 is 0 Å². The second-order valence-corrected chi connectivity index (χ2v) is 7.14. The molecule has 0 atom stereocenters. The molecule has 0 bridgehead atoms. The summed E-state index contributed by atoms with van der Waals surface area (Å²) in [4.78, 5) is 20.2. The van der Waals surface area contributed by atoms with E-state index in [1.807, 2.05) is 72.4 Å². The maximum Gasteiger partial charge on any atom is 0.257 e. The number of hydrogen-bond donors (Lipinski definition) is 1. The molecule has 2 aromatic carbocycles. The van der Waals surface area contributed by atoms with E-state index in [-0.39, 0.29) is 5.56 Å². The van der Waals surface area contributed by atoms with Crippen molar-refractivity contribution in [2.75, 3.05) is 0 Å². The molecule has 3 aromatic heterocycles. The van der Waals surface area contributed by atoms with E-state index in [2.05, 4.69) is 21.7 Å². The van der Waals surface area contributed by atoms with Gasteiger partial charge >= 0.3 is 0 Å².